The molecule has 0 spiro atoms. The molecule has 162 valence electrons. The van der Waals surface area contributed by atoms with Crippen LogP contribution in [0.2, 0.25) is 0 Å². The molecule has 1 fully saturated rings. The lowest BCUT2D eigenvalue weighted by molar-refractivity contribution is -0.144. The largest absolute Gasteiger partial charge is 0.348 e. The molecule has 0 aliphatic carbocycles. The lowest BCUT2D eigenvalue weighted by atomic mass is 9.79. The number of aryl methyl sites for hydroxylation is 1. The van der Waals surface area contributed by atoms with Crippen LogP contribution in [-0.4, -0.2) is 34.8 Å². The first kappa shape index (κ1) is 21.2. The van der Waals surface area contributed by atoms with Gasteiger partial charge >= 0.3 is 6.03 Å². The van der Waals surface area contributed by atoms with Crippen LogP contribution < -0.4 is 16.0 Å². The zero-order valence-electron chi connectivity index (χ0n) is 17.9. The van der Waals surface area contributed by atoms with Crippen LogP contribution in [-0.2, 0) is 9.59 Å². The SMILES string of the molecule is Cc1cc(-c2cccc(C(=O)NC(C)C3(C)C(=O)NC(=O)NC3=O)c2)c2ccccc2n1. The van der Waals surface area contributed by atoms with E-state index in [4.69, 9.17) is 0 Å². The third-order valence-corrected chi connectivity index (χ3v) is 5.89. The molecule has 8 heteroatoms. The van der Waals surface area contributed by atoms with Crippen molar-refractivity contribution in [1.29, 1.82) is 0 Å². The van der Waals surface area contributed by atoms with Crippen molar-refractivity contribution >= 4 is 34.7 Å². The van der Waals surface area contributed by atoms with E-state index >= 15 is 0 Å². The average Bonchev–Trinajstić information content (AvgIpc) is 2.76. The number of pyridine rings is 1. The Kier molecular flexibility index (Phi) is 5.22. The highest BCUT2D eigenvalue weighted by molar-refractivity contribution is 6.19. The van der Waals surface area contributed by atoms with Gasteiger partial charge in [-0.1, -0.05) is 30.3 Å². The highest BCUT2D eigenvalue weighted by Crippen LogP contribution is 2.30. The predicted octanol–water partition coefficient (Wildman–Crippen LogP) is 2.70. The van der Waals surface area contributed by atoms with Crippen molar-refractivity contribution < 1.29 is 19.2 Å². The molecule has 1 atom stereocenters. The second-order valence-corrected chi connectivity index (χ2v) is 8.04. The quantitative estimate of drug-likeness (QED) is 0.550. The molecule has 2 heterocycles. The molecule has 1 aliphatic rings. The molecule has 5 amide bonds. The van der Waals surface area contributed by atoms with Crippen LogP contribution >= 0.6 is 0 Å². The zero-order valence-corrected chi connectivity index (χ0v) is 17.9. The Balaban J connectivity index is 1.63. The number of urea groups is 1. The summed E-state index contributed by atoms with van der Waals surface area (Å²) in [4.78, 5) is 53.6. The number of amides is 5. The number of rotatable bonds is 4. The van der Waals surface area contributed by atoms with Crippen molar-refractivity contribution in [2.24, 2.45) is 5.41 Å². The number of benzene rings is 2. The van der Waals surface area contributed by atoms with Crippen LogP contribution in [0, 0.1) is 12.3 Å². The third-order valence-electron chi connectivity index (χ3n) is 5.89. The number of para-hydroxylation sites is 1. The number of nitrogens with one attached hydrogen (secondary N) is 3. The van der Waals surface area contributed by atoms with Gasteiger partial charge in [-0.05, 0) is 56.2 Å². The molecule has 1 unspecified atom stereocenters. The first-order valence-electron chi connectivity index (χ1n) is 10.1. The van der Waals surface area contributed by atoms with E-state index in [1.165, 1.54) is 6.92 Å². The fraction of sp³-hybridized carbons (Fsp3) is 0.208. The van der Waals surface area contributed by atoms with Crippen molar-refractivity contribution in [3.63, 3.8) is 0 Å². The fourth-order valence-electron chi connectivity index (χ4n) is 3.79. The van der Waals surface area contributed by atoms with E-state index in [2.05, 4.69) is 20.9 Å². The minimum atomic E-state index is -1.63. The number of imide groups is 2. The van der Waals surface area contributed by atoms with E-state index < -0.39 is 35.2 Å². The molecular formula is C24H22N4O4. The molecule has 1 aromatic heterocycles. The summed E-state index contributed by atoms with van der Waals surface area (Å²) >= 11 is 0. The first-order chi connectivity index (χ1) is 15.2. The topological polar surface area (TPSA) is 117 Å². The smallest absolute Gasteiger partial charge is 0.328 e. The standard InChI is InChI=1S/C24H22N4O4/c1-13-11-18(17-9-4-5-10-19(17)25-13)15-7-6-8-16(12-15)20(29)26-14(2)24(3)21(30)27-23(32)28-22(24)31/h4-12,14H,1-3H3,(H,26,29)(H2,27,28,30,31,32). The first-order valence-corrected chi connectivity index (χ1v) is 10.1. The Morgan fingerprint density at radius 1 is 1.00 bits per heavy atom. The monoisotopic (exact) mass is 430 g/mol. The molecular weight excluding hydrogens is 408 g/mol. The Hall–Kier alpha value is -4.07. The Morgan fingerprint density at radius 2 is 1.69 bits per heavy atom. The maximum atomic E-state index is 13.0. The Labute approximate surface area is 184 Å². The molecule has 4 rings (SSSR count). The Bertz CT molecular complexity index is 1260. The van der Waals surface area contributed by atoms with E-state index in [0.717, 1.165) is 27.7 Å². The molecule has 8 nitrogen and oxygen atoms in total. The molecule has 0 saturated carbocycles. The highest BCUT2D eigenvalue weighted by Gasteiger charge is 2.50. The molecule has 1 aliphatic heterocycles. The maximum Gasteiger partial charge on any atom is 0.328 e. The minimum absolute atomic E-state index is 0.379. The average molecular weight is 430 g/mol. The van der Waals surface area contributed by atoms with Gasteiger partial charge in [0, 0.05) is 22.7 Å². The summed E-state index contributed by atoms with van der Waals surface area (Å²) in [5.41, 5.74) is 2.27. The highest BCUT2D eigenvalue weighted by atomic mass is 16.2. The molecule has 0 radical (unpaired) electrons. The number of aromatic nitrogens is 1. The van der Waals surface area contributed by atoms with Crippen molar-refractivity contribution in [2.45, 2.75) is 26.8 Å². The molecule has 3 N–H and O–H groups in total. The van der Waals surface area contributed by atoms with Crippen LogP contribution in [0.5, 0.6) is 0 Å². The summed E-state index contributed by atoms with van der Waals surface area (Å²) in [7, 11) is 0. The van der Waals surface area contributed by atoms with Crippen LogP contribution in [0.4, 0.5) is 4.79 Å². The van der Waals surface area contributed by atoms with E-state index in [0.29, 0.717) is 5.56 Å². The van der Waals surface area contributed by atoms with Gasteiger partial charge in [-0.3, -0.25) is 30.0 Å². The lowest BCUT2D eigenvalue weighted by Crippen LogP contribution is -2.67. The van der Waals surface area contributed by atoms with Crippen LogP contribution in [0.3, 0.4) is 0 Å². The molecule has 0 bridgehead atoms. The second kappa shape index (κ2) is 7.88. The van der Waals surface area contributed by atoms with Gasteiger partial charge in [-0.15, -0.1) is 0 Å². The number of carbonyl (C=O) groups is 4. The summed E-state index contributed by atoms with van der Waals surface area (Å²) < 4.78 is 0. The van der Waals surface area contributed by atoms with E-state index in [1.807, 2.05) is 43.3 Å². The van der Waals surface area contributed by atoms with Gasteiger partial charge in [-0.25, -0.2) is 4.79 Å². The van der Waals surface area contributed by atoms with Gasteiger partial charge in [0.1, 0.15) is 5.41 Å². The van der Waals surface area contributed by atoms with Gasteiger partial charge < -0.3 is 5.32 Å². The number of hydrogen-bond donors (Lipinski definition) is 3. The van der Waals surface area contributed by atoms with Gasteiger partial charge in [0.15, 0.2) is 0 Å². The molecule has 1 saturated heterocycles. The van der Waals surface area contributed by atoms with Gasteiger partial charge in [0.05, 0.1) is 5.52 Å². The number of hydrogen-bond acceptors (Lipinski definition) is 5. The normalized spacial score (nSPS) is 16.3. The third kappa shape index (κ3) is 3.60. The van der Waals surface area contributed by atoms with Gasteiger partial charge in [-0.2, -0.15) is 0 Å². The van der Waals surface area contributed by atoms with Crippen LogP contribution in [0.25, 0.3) is 22.0 Å². The predicted molar refractivity (Wildman–Crippen MR) is 119 cm³/mol. The minimum Gasteiger partial charge on any atom is -0.348 e. The summed E-state index contributed by atoms with van der Waals surface area (Å²) in [5, 5.41) is 7.85. The van der Waals surface area contributed by atoms with Crippen molar-refractivity contribution in [3.8, 4) is 11.1 Å². The van der Waals surface area contributed by atoms with Crippen LogP contribution in [0.1, 0.15) is 29.9 Å². The summed E-state index contributed by atoms with van der Waals surface area (Å²) in [5.74, 6) is -1.95. The maximum absolute atomic E-state index is 13.0. The molecule has 3 aromatic rings. The van der Waals surface area contributed by atoms with Crippen molar-refractivity contribution in [2.75, 3.05) is 0 Å². The number of nitrogens with zero attached hydrogens (tertiary/aromatic N) is 1. The summed E-state index contributed by atoms with van der Waals surface area (Å²) in [6.07, 6.45) is 0. The summed E-state index contributed by atoms with van der Waals surface area (Å²) in [6, 6.07) is 15.1. The zero-order chi connectivity index (χ0) is 23.0. The van der Waals surface area contributed by atoms with Crippen LogP contribution in [0.15, 0.2) is 54.6 Å². The van der Waals surface area contributed by atoms with E-state index in [1.54, 1.807) is 25.1 Å². The van der Waals surface area contributed by atoms with E-state index in [-0.39, 0.29) is 0 Å². The number of barbiturate groups is 1. The van der Waals surface area contributed by atoms with Crippen molar-refractivity contribution in [1.82, 2.24) is 20.9 Å². The summed E-state index contributed by atoms with van der Waals surface area (Å²) in [6.45, 7) is 4.85. The Morgan fingerprint density at radius 3 is 2.41 bits per heavy atom. The fourth-order valence-corrected chi connectivity index (χ4v) is 3.79. The molecule has 2 aromatic carbocycles. The molecule has 32 heavy (non-hydrogen) atoms. The van der Waals surface area contributed by atoms with Gasteiger partial charge in [0.2, 0.25) is 11.8 Å². The number of carbonyl (C=O) groups excluding carboxylic acids is 4. The second-order valence-electron chi connectivity index (χ2n) is 8.04. The lowest BCUT2D eigenvalue weighted by Gasteiger charge is -2.35. The van der Waals surface area contributed by atoms with Gasteiger partial charge in [0.25, 0.3) is 5.91 Å². The van der Waals surface area contributed by atoms with Crippen molar-refractivity contribution in [3.05, 3.63) is 65.9 Å². The van der Waals surface area contributed by atoms with E-state index in [9.17, 15) is 19.2 Å². The number of fused-ring (bicyclic) bond motifs is 1.